The van der Waals surface area contributed by atoms with E-state index < -0.39 is 11.5 Å². The lowest BCUT2D eigenvalue weighted by atomic mass is 9.75. The highest BCUT2D eigenvalue weighted by Gasteiger charge is 2.44. The number of rotatable bonds is 7. The van der Waals surface area contributed by atoms with Crippen LogP contribution >= 0.6 is 0 Å². The molecule has 45 heavy (non-hydrogen) atoms. The summed E-state index contributed by atoms with van der Waals surface area (Å²) in [5.74, 6) is -0.341. The van der Waals surface area contributed by atoms with Gasteiger partial charge in [0.1, 0.15) is 11.6 Å². The minimum atomic E-state index is -1.00. The first-order valence-corrected chi connectivity index (χ1v) is 15.7. The van der Waals surface area contributed by atoms with Crippen molar-refractivity contribution in [3.8, 4) is 11.4 Å². The Labute approximate surface area is 260 Å². The van der Waals surface area contributed by atoms with Crippen molar-refractivity contribution < 1.29 is 19.1 Å². The van der Waals surface area contributed by atoms with E-state index in [4.69, 9.17) is 10.1 Å². The number of halogens is 1. The van der Waals surface area contributed by atoms with Crippen LogP contribution in [-0.4, -0.2) is 36.1 Å². The average molecular weight is 606 g/mol. The highest BCUT2D eigenvalue weighted by Crippen LogP contribution is 2.44. The van der Waals surface area contributed by atoms with Crippen molar-refractivity contribution in [2.45, 2.75) is 62.8 Å². The lowest BCUT2D eigenvalue weighted by Gasteiger charge is -2.41. The number of carbonyl (C=O) groups is 2. The van der Waals surface area contributed by atoms with Crippen LogP contribution < -0.4 is 5.32 Å². The van der Waals surface area contributed by atoms with Crippen molar-refractivity contribution >= 4 is 39.9 Å². The molecule has 0 spiro atoms. The number of carboxylic acids is 1. The topological polar surface area (TPSA) is 102 Å². The van der Waals surface area contributed by atoms with Crippen LogP contribution in [0, 0.1) is 5.82 Å². The molecule has 3 aromatic heterocycles. The molecule has 0 aliphatic heterocycles. The maximum Gasteiger partial charge on any atom is 0.328 e. The summed E-state index contributed by atoms with van der Waals surface area (Å²) < 4.78 is 17.9. The number of nitrogens with zero attached hydrogens (tertiary/aromatic N) is 4. The standard InChI is InChI=1S/C36H36FN5O3/c1-41-29-20-24(11-13-26(29)32(23-7-4-3-5-8-23)33(41)28-15-12-25(37)21-38-28)34(45)40-36(17-6-18-36)35-39-27-14-9-22(10-16-31(43)44)19-30(27)42(35)2/h9-16,19-21,23H,3-8,17-18H2,1-2H3,(H,40,45)(H,43,44)/b16-10+. The third-order valence-electron chi connectivity index (χ3n) is 9.80. The number of amides is 1. The molecule has 2 aliphatic rings. The minimum Gasteiger partial charge on any atom is -0.478 e. The third kappa shape index (κ3) is 5.10. The maximum atomic E-state index is 13.9. The molecular formula is C36H36FN5O3. The Balaban J connectivity index is 1.24. The fraction of sp³-hybridized carbons (Fsp3) is 0.333. The van der Waals surface area contributed by atoms with Gasteiger partial charge in [-0.05, 0) is 91.6 Å². The van der Waals surface area contributed by atoms with Crippen molar-refractivity contribution in [1.82, 2.24) is 24.4 Å². The average Bonchev–Trinajstić information content (AvgIpc) is 3.51. The number of pyridine rings is 1. The molecule has 0 bridgehead atoms. The van der Waals surface area contributed by atoms with E-state index in [9.17, 15) is 14.0 Å². The van der Waals surface area contributed by atoms with Crippen molar-refractivity contribution in [3.63, 3.8) is 0 Å². The summed E-state index contributed by atoms with van der Waals surface area (Å²) in [7, 11) is 3.94. The predicted octanol–water partition coefficient (Wildman–Crippen LogP) is 7.22. The molecule has 0 unspecified atom stereocenters. The molecule has 0 atom stereocenters. The van der Waals surface area contributed by atoms with Gasteiger partial charge in [-0.2, -0.15) is 0 Å². The fourth-order valence-electron chi connectivity index (χ4n) is 7.37. The number of nitrogens with one attached hydrogen (secondary N) is 1. The maximum absolute atomic E-state index is 13.9. The zero-order valence-corrected chi connectivity index (χ0v) is 25.5. The molecule has 0 saturated heterocycles. The SMILES string of the molecule is Cn1c(C2(NC(=O)c3ccc4c(C5CCCCC5)c(-c5ccc(F)cn5)n(C)c4c3)CCC2)nc2ccc(/C=C/C(=O)O)cc21. The summed E-state index contributed by atoms with van der Waals surface area (Å²) in [5, 5.41) is 13.5. The highest BCUT2D eigenvalue weighted by atomic mass is 19.1. The summed E-state index contributed by atoms with van der Waals surface area (Å²) in [6.07, 6.45) is 12.3. The van der Waals surface area contributed by atoms with Gasteiger partial charge in [-0.25, -0.2) is 14.2 Å². The van der Waals surface area contributed by atoms with Crippen molar-refractivity contribution in [1.29, 1.82) is 0 Å². The van der Waals surface area contributed by atoms with E-state index in [-0.39, 0.29) is 11.7 Å². The van der Waals surface area contributed by atoms with Crippen LogP contribution in [0.3, 0.4) is 0 Å². The quantitative estimate of drug-likeness (QED) is 0.191. The summed E-state index contributed by atoms with van der Waals surface area (Å²) in [6.45, 7) is 0. The molecular weight excluding hydrogens is 569 g/mol. The van der Waals surface area contributed by atoms with Gasteiger partial charge in [-0.3, -0.25) is 9.78 Å². The van der Waals surface area contributed by atoms with Gasteiger partial charge >= 0.3 is 5.97 Å². The Bertz CT molecular complexity index is 1980. The molecule has 1 amide bonds. The first-order valence-electron chi connectivity index (χ1n) is 15.7. The van der Waals surface area contributed by atoms with Gasteiger partial charge in [-0.15, -0.1) is 0 Å². The molecule has 0 radical (unpaired) electrons. The van der Waals surface area contributed by atoms with Gasteiger partial charge in [-0.1, -0.05) is 31.4 Å². The Kier molecular flexibility index (Phi) is 7.26. The number of hydrogen-bond donors (Lipinski definition) is 2. The Morgan fingerprint density at radius 2 is 1.78 bits per heavy atom. The summed E-state index contributed by atoms with van der Waals surface area (Å²) >= 11 is 0. The number of aliphatic carboxylic acids is 1. The second-order valence-corrected chi connectivity index (χ2v) is 12.6. The number of imidazole rings is 1. The molecule has 2 fully saturated rings. The van der Waals surface area contributed by atoms with E-state index in [2.05, 4.69) is 20.9 Å². The molecule has 3 heterocycles. The fourth-order valence-corrected chi connectivity index (χ4v) is 7.37. The number of hydrogen-bond acceptors (Lipinski definition) is 4. The van der Waals surface area contributed by atoms with Gasteiger partial charge in [0, 0.05) is 36.6 Å². The largest absolute Gasteiger partial charge is 0.478 e. The van der Waals surface area contributed by atoms with E-state index >= 15 is 0 Å². The Hall–Kier alpha value is -4.79. The van der Waals surface area contributed by atoms with Crippen LogP contribution in [0.2, 0.25) is 0 Å². The van der Waals surface area contributed by atoms with E-state index in [0.717, 1.165) is 82.9 Å². The van der Waals surface area contributed by atoms with Crippen LogP contribution in [0.1, 0.15) is 84.6 Å². The van der Waals surface area contributed by atoms with Crippen molar-refractivity contribution in [3.05, 3.63) is 89.1 Å². The van der Waals surface area contributed by atoms with Crippen LogP contribution in [0.4, 0.5) is 4.39 Å². The van der Waals surface area contributed by atoms with Crippen molar-refractivity contribution in [2.75, 3.05) is 0 Å². The van der Waals surface area contributed by atoms with Gasteiger partial charge in [0.2, 0.25) is 0 Å². The first-order chi connectivity index (χ1) is 21.7. The van der Waals surface area contributed by atoms with Crippen LogP contribution in [0.25, 0.3) is 39.4 Å². The van der Waals surface area contributed by atoms with Crippen molar-refractivity contribution in [2.24, 2.45) is 14.1 Å². The normalized spacial score (nSPS) is 16.8. The number of fused-ring (bicyclic) bond motifs is 2. The molecule has 2 N–H and O–H groups in total. The smallest absolute Gasteiger partial charge is 0.328 e. The molecule has 2 aliphatic carbocycles. The second-order valence-electron chi connectivity index (χ2n) is 12.6. The van der Waals surface area contributed by atoms with E-state index in [1.807, 2.05) is 49.0 Å². The van der Waals surface area contributed by atoms with Gasteiger partial charge in [0.05, 0.1) is 34.2 Å². The van der Waals surface area contributed by atoms with Crippen LogP contribution in [0.5, 0.6) is 0 Å². The number of aromatic nitrogens is 4. The van der Waals surface area contributed by atoms with E-state index in [1.165, 1.54) is 37.1 Å². The summed E-state index contributed by atoms with van der Waals surface area (Å²) in [4.78, 5) is 34.3. The van der Waals surface area contributed by atoms with Gasteiger partial charge < -0.3 is 19.6 Å². The number of carboxylic acid groups (broad SMARTS) is 1. The lowest BCUT2D eigenvalue weighted by molar-refractivity contribution is -0.131. The summed E-state index contributed by atoms with van der Waals surface area (Å²) in [5.41, 5.74) is 6.33. The minimum absolute atomic E-state index is 0.157. The Morgan fingerprint density at radius 3 is 2.47 bits per heavy atom. The predicted molar refractivity (Wildman–Crippen MR) is 172 cm³/mol. The number of benzene rings is 2. The number of carbonyl (C=O) groups excluding carboxylic acids is 1. The third-order valence-corrected chi connectivity index (χ3v) is 9.80. The monoisotopic (exact) mass is 605 g/mol. The summed E-state index contributed by atoms with van der Waals surface area (Å²) in [6, 6.07) is 14.8. The van der Waals surface area contributed by atoms with E-state index in [1.54, 1.807) is 12.1 Å². The molecule has 9 heteroatoms. The molecule has 8 nitrogen and oxygen atoms in total. The first kappa shape index (κ1) is 29.0. The molecule has 5 aromatic rings. The zero-order valence-electron chi connectivity index (χ0n) is 25.5. The molecule has 2 saturated carbocycles. The molecule has 2 aromatic carbocycles. The van der Waals surface area contributed by atoms with Crippen LogP contribution in [-0.2, 0) is 24.4 Å². The molecule has 7 rings (SSSR count). The van der Waals surface area contributed by atoms with Gasteiger partial charge in [0.15, 0.2) is 0 Å². The van der Waals surface area contributed by atoms with E-state index in [0.29, 0.717) is 11.5 Å². The highest BCUT2D eigenvalue weighted by molar-refractivity contribution is 6.01. The number of aryl methyl sites for hydroxylation is 2. The zero-order chi connectivity index (χ0) is 31.3. The Morgan fingerprint density at radius 1 is 0.978 bits per heavy atom. The lowest BCUT2D eigenvalue weighted by Crippen LogP contribution is -2.52. The van der Waals surface area contributed by atoms with Gasteiger partial charge in [0.25, 0.3) is 5.91 Å². The molecule has 230 valence electrons. The second kappa shape index (κ2) is 11.3. The van der Waals surface area contributed by atoms with Crippen LogP contribution in [0.15, 0.2) is 60.8 Å².